The van der Waals surface area contributed by atoms with E-state index in [1.165, 1.54) is 0 Å². The first-order valence-corrected chi connectivity index (χ1v) is 3.65. The van der Waals surface area contributed by atoms with Crippen LogP contribution < -0.4 is 5.73 Å². The van der Waals surface area contributed by atoms with E-state index in [-0.39, 0.29) is 12.4 Å². The van der Waals surface area contributed by atoms with Crippen LogP contribution in [0.5, 0.6) is 0 Å². The molecule has 4 heteroatoms. The number of hydrogen-bond acceptors (Lipinski definition) is 2. The van der Waals surface area contributed by atoms with Crippen molar-refractivity contribution in [2.24, 2.45) is 0 Å². The van der Waals surface area contributed by atoms with Gasteiger partial charge in [0.15, 0.2) is 0 Å². The standard InChI is InChI=1S/C8H10ClNO.ClH/c1-11-5-6-7(9)3-2-4-8(6)10;/h2-4H,5,10H2,1H3;1H. The van der Waals surface area contributed by atoms with Crippen molar-refractivity contribution in [3.05, 3.63) is 28.8 Å². The molecule has 2 N–H and O–H groups in total. The quantitative estimate of drug-likeness (QED) is 0.757. The molecule has 68 valence electrons. The van der Waals surface area contributed by atoms with Gasteiger partial charge in [0.25, 0.3) is 0 Å². The van der Waals surface area contributed by atoms with Gasteiger partial charge in [-0.2, -0.15) is 0 Å². The highest BCUT2D eigenvalue weighted by molar-refractivity contribution is 6.31. The van der Waals surface area contributed by atoms with Gasteiger partial charge >= 0.3 is 0 Å². The number of halogens is 2. The second kappa shape index (κ2) is 5.25. The van der Waals surface area contributed by atoms with E-state index >= 15 is 0 Å². The molecule has 0 spiro atoms. The molecule has 0 saturated carbocycles. The summed E-state index contributed by atoms with van der Waals surface area (Å²) in [5.41, 5.74) is 7.18. The highest BCUT2D eigenvalue weighted by Gasteiger charge is 2.02. The molecule has 0 aromatic heterocycles. The molecule has 1 rings (SSSR count). The third-order valence-corrected chi connectivity index (χ3v) is 1.80. The molecule has 2 nitrogen and oxygen atoms in total. The molecule has 0 heterocycles. The Morgan fingerprint density at radius 3 is 2.67 bits per heavy atom. The molecule has 0 fully saturated rings. The van der Waals surface area contributed by atoms with Gasteiger partial charge in [-0.05, 0) is 12.1 Å². The molecule has 0 aliphatic rings. The number of nitrogens with two attached hydrogens (primary N) is 1. The Morgan fingerprint density at radius 1 is 1.50 bits per heavy atom. The summed E-state index contributed by atoms with van der Waals surface area (Å²) < 4.78 is 4.93. The van der Waals surface area contributed by atoms with Gasteiger partial charge in [0.2, 0.25) is 0 Å². The Morgan fingerprint density at radius 2 is 2.17 bits per heavy atom. The van der Waals surface area contributed by atoms with Crippen molar-refractivity contribution in [1.29, 1.82) is 0 Å². The van der Waals surface area contributed by atoms with Crippen LogP contribution in [-0.2, 0) is 11.3 Å². The summed E-state index contributed by atoms with van der Waals surface area (Å²) in [7, 11) is 1.61. The number of hydrogen-bond donors (Lipinski definition) is 1. The number of benzene rings is 1. The molecular formula is C8H11Cl2NO. The molecule has 0 amide bonds. The van der Waals surface area contributed by atoms with Crippen molar-refractivity contribution in [1.82, 2.24) is 0 Å². The molecule has 0 radical (unpaired) electrons. The van der Waals surface area contributed by atoms with Gasteiger partial charge in [0.05, 0.1) is 6.61 Å². The van der Waals surface area contributed by atoms with Crippen LogP contribution in [0, 0.1) is 0 Å². The maximum absolute atomic E-state index is 5.85. The molecule has 0 atom stereocenters. The van der Waals surface area contributed by atoms with Crippen LogP contribution in [0.15, 0.2) is 18.2 Å². The SMILES string of the molecule is COCc1c(N)cccc1Cl.Cl. The van der Waals surface area contributed by atoms with Crippen LogP contribution >= 0.6 is 24.0 Å². The van der Waals surface area contributed by atoms with E-state index in [4.69, 9.17) is 22.1 Å². The van der Waals surface area contributed by atoms with Gasteiger partial charge in [0, 0.05) is 23.4 Å². The fourth-order valence-corrected chi connectivity index (χ4v) is 1.11. The minimum atomic E-state index is 0. The summed E-state index contributed by atoms with van der Waals surface area (Å²) in [6.07, 6.45) is 0. The summed E-state index contributed by atoms with van der Waals surface area (Å²) >= 11 is 5.85. The summed E-state index contributed by atoms with van der Waals surface area (Å²) in [6, 6.07) is 5.42. The van der Waals surface area contributed by atoms with E-state index in [0.717, 1.165) is 5.56 Å². The Labute approximate surface area is 83.1 Å². The second-order valence-corrected chi connectivity index (χ2v) is 2.65. The zero-order chi connectivity index (χ0) is 8.27. The van der Waals surface area contributed by atoms with E-state index in [1.54, 1.807) is 19.2 Å². The Hall–Kier alpha value is -0.440. The zero-order valence-electron chi connectivity index (χ0n) is 6.71. The van der Waals surface area contributed by atoms with Crippen LogP contribution in [0.25, 0.3) is 0 Å². The summed E-state index contributed by atoms with van der Waals surface area (Å²) in [5.74, 6) is 0. The van der Waals surface area contributed by atoms with E-state index in [0.29, 0.717) is 17.3 Å². The van der Waals surface area contributed by atoms with Gasteiger partial charge in [-0.1, -0.05) is 17.7 Å². The zero-order valence-corrected chi connectivity index (χ0v) is 8.28. The third-order valence-electron chi connectivity index (χ3n) is 1.44. The fourth-order valence-electron chi connectivity index (χ4n) is 0.872. The smallest absolute Gasteiger partial charge is 0.0747 e. The van der Waals surface area contributed by atoms with Crippen LogP contribution in [0.4, 0.5) is 5.69 Å². The van der Waals surface area contributed by atoms with E-state index in [1.807, 2.05) is 6.07 Å². The topological polar surface area (TPSA) is 35.2 Å². The minimum absolute atomic E-state index is 0. The van der Waals surface area contributed by atoms with E-state index < -0.39 is 0 Å². The van der Waals surface area contributed by atoms with Crippen molar-refractivity contribution in [2.45, 2.75) is 6.61 Å². The summed E-state index contributed by atoms with van der Waals surface area (Å²) in [5, 5.41) is 0.659. The molecule has 0 saturated heterocycles. The third kappa shape index (κ3) is 2.55. The lowest BCUT2D eigenvalue weighted by Gasteiger charge is -2.05. The predicted molar refractivity (Wildman–Crippen MR) is 53.8 cm³/mol. The maximum atomic E-state index is 5.85. The van der Waals surface area contributed by atoms with Crippen molar-refractivity contribution in [3.8, 4) is 0 Å². The number of anilines is 1. The van der Waals surface area contributed by atoms with Crippen LogP contribution in [-0.4, -0.2) is 7.11 Å². The normalized spacial score (nSPS) is 9.17. The molecule has 0 unspecified atom stereocenters. The first-order valence-electron chi connectivity index (χ1n) is 3.27. The maximum Gasteiger partial charge on any atom is 0.0747 e. The lowest BCUT2D eigenvalue weighted by Crippen LogP contribution is -1.96. The number of methoxy groups -OCH3 is 1. The molecule has 1 aromatic carbocycles. The summed E-state index contributed by atoms with van der Waals surface area (Å²) in [6.45, 7) is 0.464. The van der Waals surface area contributed by atoms with Gasteiger partial charge in [-0.3, -0.25) is 0 Å². The fraction of sp³-hybridized carbons (Fsp3) is 0.250. The monoisotopic (exact) mass is 207 g/mol. The lowest BCUT2D eigenvalue weighted by atomic mass is 10.2. The molecule has 12 heavy (non-hydrogen) atoms. The number of nitrogen functional groups attached to an aromatic ring is 1. The van der Waals surface area contributed by atoms with E-state index in [9.17, 15) is 0 Å². The molecule has 0 bridgehead atoms. The van der Waals surface area contributed by atoms with Crippen LogP contribution in [0.3, 0.4) is 0 Å². The van der Waals surface area contributed by atoms with Crippen LogP contribution in [0.1, 0.15) is 5.56 Å². The van der Waals surface area contributed by atoms with Crippen molar-refractivity contribution >= 4 is 29.7 Å². The van der Waals surface area contributed by atoms with E-state index in [2.05, 4.69) is 0 Å². The van der Waals surface area contributed by atoms with Gasteiger partial charge in [-0.15, -0.1) is 12.4 Å². The average molecular weight is 208 g/mol. The largest absolute Gasteiger partial charge is 0.398 e. The highest BCUT2D eigenvalue weighted by Crippen LogP contribution is 2.22. The average Bonchev–Trinajstić information content (AvgIpc) is 1.97. The van der Waals surface area contributed by atoms with Crippen molar-refractivity contribution in [3.63, 3.8) is 0 Å². The number of rotatable bonds is 2. The second-order valence-electron chi connectivity index (χ2n) is 2.24. The van der Waals surface area contributed by atoms with Gasteiger partial charge in [0.1, 0.15) is 0 Å². The Balaban J connectivity index is 0.00000121. The molecule has 0 aliphatic carbocycles. The Bertz CT molecular complexity index is 233. The van der Waals surface area contributed by atoms with Crippen LogP contribution in [0.2, 0.25) is 5.02 Å². The first kappa shape index (κ1) is 11.6. The number of ether oxygens (including phenoxy) is 1. The van der Waals surface area contributed by atoms with Crippen molar-refractivity contribution in [2.75, 3.05) is 12.8 Å². The van der Waals surface area contributed by atoms with Crippen molar-refractivity contribution < 1.29 is 4.74 Å². The van der Waals surface area contributed by atoms with Gasteiger partial charge in [-0.25, -0.2) is 0 Å². The molecule has 0 aliphatic heterocycles. The highest BCUT2D eigenvalue weighted by atomic mass is 35.5. The predicted octanol–water partition coefficient (Wildman–Crippen LogP) is 2.49. The molecule has 1 aromatic rings. The molecular weight excluding hydrogens is 197 g/mol. The first-order chi connectivity index (χ1) is 5.25. The summed E-state index contributed by atoms with van der Waals surface area (Å²) in [4.78, 5) is 0. The lowest BCUT2D eigenvalue weighted by molar-refractivity contribution is 0.185. The minimum Gasteiger partial charge on any atom is -0.398 e. The Kier molecular flexibility index (Phi) is 5.06. The van der Waals surface area contributed by atoms with Gasteiger partial charge < -0.3 is 10.5 Å².